The number of carbonyl (C=O) groups is 1. The normalized spacial score (nSPS) is 21.5. The predicted octanol–water partition coefficient (Wildman–Crippen LogP) is 2.64. The van der Waals surface area contributed by atoms with Gasteiger partial charge in [-0.3, -0.25) is 9.69 Å². The van der Waals surface area contributed by atoms with Gasteiger partial charge in [0.1, 0.15) is 5.78 Å². The molecule has 0 amide bonds. The number of ketones is 1. The summed E-state index contributed by atoms with van der Waals surface area (Å²) < 4.78 is 5.20. The minimum absolute atomic E-state index is 0.439. The van der Waals surface area contributed by atoms with Crippen molar-refractivity contribution in [2.24, 2.45) is 0 Å². The Morgan fingerprint density at radius 3 is 2.65 bits per heavy atom. The first-order chi connectivity index (χ1) is 8.22. The summed E-state index contributed by atoms with van der Waals surface area (Å²) >= 11 is 0. The van der Waals surface area contributed by atoms with Crippen molar-refractivity contribution in [2.75, 3.05) is 20.3 Å². The van der Waals surface area contributed by atoms with Crippen LogP contribution in [0.5, 0.6) is 0 Å². The molecule has 0 N–H and O–H groups in total. The summed E-state index contributed by atoms with van der Waals surface area (Å²) in [6, 6.07) is 1.05. The molecule has 17 heavy (non-hydrogen) atoms. The summed E-state index contributed by atoms with van der Waals surface area (Å²) in [5.41, 5.74) is 0. The zero-order valence-electron chi connectivity index (χ0n) is 11.6. The zero-order valence-corrected chi connectivity index (χ0v) is 11.6. The molecule has 1 fully saturated rings. The van der Waals surface area contributed by atoms with Crippen molar-refractivity contribution in [2.45, 2.75) is 64.5 Å². The first kappa shape index (κ1) is 14.7. The summed E-state index contributed by atoms with van der Waals surface area (Å²) in [7, 11) is 1.75. The smallest absolute Gasteiger partial charge is 0.134 e. The molecule has 0 radical (unpaired) electrons. The van der Waals surface area contributed by atoms with Crippen molar-refractivity contribution in [1.82, 2.24) is 4.90 Å². The molecule has 1 unspecified atom stereocenters. The van der Waals surface area contributed by atoms with Gasteiger partial charge in [-0.25, -0.2) is 0 Å². The fraction of sp³-hybridized carbons (Fsp3) is 0.929. The second-order valence-corrected chi connectivity index (χ2v) is 4.99. The number of hydrogen-bond donors (Lipinski definition) is 0. The number of Topliss-reactive ketones (excluding diaryl/α,β-unsaturated/α-hetero) is 1. The zero-order chi connectivity index (χ0) is 12.7. The van der Waals surface area contributed by atoms with Crippen molar-refractivity contribution in [3.8, 4) is 0 Å². The van der Waals surface area contributed by atoms with Crippen LogP contribution in [0, 0.1) is 0 Å². The number of hydrogen-bond acceptors (Lipinski definition) is 3. The highest BCUT2D eigenvalue weighted by Crippen LogP contribution is 2.24. The van der Waals surface area contributed by atoms with Crippen LogP contribution in [0.1, 0.15) is 52.4 Å². The quantitative estimate of drug-likeness (QED) is 0.686. The van der Waals surface area contributed by atoms with Gasteiger partial charge in [-0.2, -0.15) is 0 Å². The van der Waals surface area contributed by atoms with Crippen LogP contribution in [0.3, 0.4) is 0 Å². The van der Waals surface area contributed by atoms with E-state index in [4.69, 9.17) is 4.74 Å². The predicted molar refractivity (Wildman–Crippen MR) is 70.2 cm³/mol. The van der Waals surface area contributed by atoms with Crippen molar-refractivity contribution < 1.29 is 9.53 Å². The Kier molecular flexibility index (Phi) is 6.75. The largest absolute Gasteiger partial charge is 0.383 e. The lowest BCUT2D eigenvalue weighted by molar-refractivity contribution is -0.122. The summed E-state index contributed by atoms with van der Waals surface area (Å²) in [5, 5.41) is 0. The topological polar surface area (TPSA) is 29.5 Å². The fourth-order valence-electron chi connectivity index (χ4n) is 2.90. The van der Waals surface area contributed by atoms with Crippen LogP contribution in [0.2, 0.25) is 0 Å². The third-order valence-corrected chi connectivity index (χ3v) is 3.89. The summed E-state index contributed by atoms with van der Waals surface area (Å²) in [6.07, 6.45) is 6.09. The average Bonchev–Trinajstić information content (AvgIpc) is 2.34. The molecule has 0 heterocycles. The Morgan fingerprint density at radius 2 is 2.12 bits per heavy atom. The standard InChI is InChI=1S/C14H27NO2/c1-4-12(5-2)15(9-10-17-3)13-7-6-8-14(16)11-13/h12-13H,4-11H2,1-3H3. The Morgan fingerprint density at radius 1 is 1.41 bits per heavy atom. The average molecular weight is 241 g/mol. The minimum atomic E-state index is 0.439. The number of rotatable bonds is 7. The van der Waals surface area contributed by atoms with E-state index in [0.29, 0.717) is 17.9 Å². The van der Waals surface area contributed by atoms with Gasteiger partial charge in [0.05, 0.1) is 6.61 Å². The molecule has 1 rings (SSSR count). The minimum Gasteiger partial charge on any atom is -0.383 e. The number of ether oxygens (including phenoxy) is 1. The van der Waals surface area contributed by atoms with Crippen LogP contribution in [-0.2, 0) is 9.53 Å². The molecule has 1 saturated carbocycles. The van der Waals surface area contributed by atoms with E-state index < -0.39 is 0 Å². The molecule has 3 nitrogen and oxygen atoms in total. The maximum Gasteiger partial charge on any atom is 0.134 e. The maximum absolute atomic E-state index is 11.6. The third kappa shape index (κ3) is 4.40. The molecule has 3 heteroatoms. The highest BCUT2D eigenvalue weighted by atomic mass is 16.5. The Balaban J connectivity index is 2.62. The van der Waals surface area contributed by atoms with Crippen LogP contribution in [0.25, 0.3) is 0 Å². The van der Waals surface area contributed by atoms with E-state index in [1.54, 1.807) is 7.11 Å². The van der Waals surface area contributed by atoms with Gasteiger partial charge in [-0.1, -0.05) is 13.8 Å². The highest BCUT2D eigenvalue weighted by molar-refractivity contribution is 5.79. The molecule has 0 aromatic carbocycles. The fourth-order valence-corrected chi connectivity index (χ4v) is 2.90. The molecule has 0 aromatic rings. The second-order valence-electron chi connectivity index (χ2n) is 4.99. The van der Waals surface area contributed by atoms with Crippen LogP contribution >= 0.6 is 0 Å². The summed E-state index contributed by atoms with van der Waals surface area (Å²) in [4.78, 5) is 14.1. The van der Waals surface area contributed by atoms with Gasteiger partial charge in [0.2, 0.25) is 0 Å². The van der Waals surface area contributed by atoms with E-state index in [2.05, 4.69) is 18.7 Å². The number of methoxy groups -OCH3 is 1. The van der Waals surface area contributed by atoms with Gasteiger partial charge < -0.3 is 4.74 Å². The van der Waals surface area contributed by atoms with Gasteiger partial charge in [0.25, 0.3) is 0 Å². The molecule has 0 aliphatic heterocycles. The number of carbonyl (C=O) groups excluding carboxylic acids is 1. The molecule has 1 aliphatic rings. The van der Waals surface area contributed by atoms with Gasteiger partial charge in [-0.05, 0) is 25.7 Å². The number of nitrogens with zero attached hydrogens (tertiary/aromatic N) is 1. The molecular weight excluding hydrogens is 214 g/mol. The Labute approximate surface area is 106 Å². The van der Waals surface area contributed by atoms with Gasteiger partial charge in [0, 0.05) is 38.6 Å². The van der Waals surface area contributed by atoms with Crippen molar-refractivity contribution >= 4 is 5.78 Å². The maximum atomic E-state index is 11.6. The lowest BCUT2D eigenvalue weighted by atomic mass is 9.91. The highest BCUT2D eigenvalue weighted by Gasteiger charge is 2.28. The van der Waals surface area contributed by atoms with E-state index in [1.807, 2.05) is 0 Å². The van der Waals surface area contributed by atoms with Crippen molar-refractivity contribution in [3.63, 3.8) is 0 Å². The van der Waals surface area contributed by atoms with Crippen LogP contribution in [0.15, 0.2) is 0 Å². The Hall–Kier alpha value is -0.410. The first-order valence-electron chi connectivity index (χ1n) is 6.99. The molecule has 0 aromatic heterocycles. The first-order valence-corrected chi connectivity index (χ1v) is 6.99. The van der Waals surface area contributed by atoms with Crippen LogP contribution < -0.4 is 0 Å². The lowest BCUT2D eigenvalue weighted by Crippen LogP contribution is -2.46. The molecule has 0 saturated heterocycles. The van der Waals surface area contributed by atoms with Crippen LogP contribution in [0.4, 0.5) is 0 Å². The van der Waals surface area contributed by atoms with Gasteiger partial charge >= 0.3 is 0 Å². The van der Waals surface area contributed by atoms with E-state index in [1.165, 1.54) is 6.42 Å². The third-order valence-electron chi connectivity index (χ3n) is 3.89. The van der Waals surface area contributed by atoms with E-state index in [9.17, 15) is 4.79 Å². The molecule has 0 bridgehead atoms. The Bertz CT molecular complexity index is 226. The SMILES string of the molecule is CCC(CC)N(CCOC)C1CCCC(=O)C1. The lowest BCUT2D eigenvalue weighted by Gasteiger charge is -2.39. The summed E-state index contributed by atoms with van der Waals surface area (Å²) in [5.74, 6) is 0.439. The molecule has 100 valence electrons. The molecule has 1 atom stereocenters. The van der Waals surface area contributed by atoms with Crippen molar-refractivity contribution in [1.29, 1.82) is 0 Å². The van der Waals surface area contributed by atoms with E-state index in [-0.39, 0.29) is 0 Å². The molecule has 0 spiro atoms. The monoisotopic (exact) mass is 241 g/mol. The second kappa shape index (κ2) is 7.83. The van der Waals surface area contributed by atoms with E-state index >= 15 is 0 Å². The van der Waals surface area contributed by atoms with Crippen molar-refractivity contribution in [3.05, 3.63) is 0 Å². The molecule has 1 aliphatic carbocycles. The summed E-state index contributed by atoms with van der Waals surface area (Å²) in [6.45, 7) is 6.19. The molecular formula is C14H27NO2. The van der Waals surface area contributed by atoms with E-state index in [0.717, 1.165) is 45.3 Å². The van der Waals surface area contributed by atoms with Crippen LogP contribution in [-0.4, -0.2) is 43.0 Å². The van der Waals surface area contributed by atoms with Gasteiger partial charge in [-0.15, -0.1) is 0 Å². The van der Waals surface area contributed by atoms with Gasteiger partial charge in [0.15, 0.2) is 0 Å².